The number of carbonyl (C=O) groups is 4. The Labute approximate surface area is 160 Å². The van der Waals surface area contributed by atoms with Crippen molar-refractivity contribution in [3.8, 4) is 0 Å². The molecule has 3 rings (SSSR count). The van der Waals surface area contributed by atoms with Crippen molar-refractivity contribution in [2.24, 2.45) is 0 Å². The Bertz CT molecular complexity index is 933. The van der Waals surface area contributed by atoms with E-state index in [1.807, 2.05) is 0 Å². The Morgan fingerprint density at radius 1 is 1.00 bits per heavy atom. The van der Waals surface area contributed by atoms with Gasteiger partial charge in [-0.3, -0.25) is 4.79 Å². The summed E-state index contributed by atoms with van der Waals surface area (Å²) in [7, 11) is 2.40. The van der Waals surface area contributed by atoms with E-state index in [1.165, 1.54) is 32.4 Å². The number of rotatable bonds is 4. The van der Waals surface area contributed by atoms with Gasteiger partial charge in [-0.1, -0.05) is 18.2 Å². The number of fused-ring (bicyclic) bond motifs is 1. The van der Waals surface area contributed by atoms with Gasteiger partial charge < -0.3 is 19.5 Å². The lowest BCUT2D eigenvalue weighted by Crippen LogP contribution is -2.38. The molecule has 8 nitrogen and oxygen atoms in total. The number of cyclic esters (lactones) is 1. The first kappa shape index (κ1) is 19.1. The van der Waals surface area contributed by atoms with Crippen LogP contribution in [0.15, 0.2) is 42.5 Å². The molecule has 2 aromatic rings. The van der Waals surface area contributed by atoms with E-state index in [-0.39, 0.29) is 23.2 Å². The largest absolute Gasteiger partial charge is 0.465 e. The Kier molecular flexibility index (Phi) is 5.39. The van der Waals surface area contributed by atoms with Gasteiger partial charge in [0.15, 0.2) is 6.10 Å². The molecule has 1 aliphatic heterocycles. The van der Waals surface area contributed by atoms with E-state index >= 15 is 0 Å². The normalized spacial score (nSPS) is 15.1. The monoisotopic (exact) mass is 383 g/mol. The smallest absolute Gasteiger partial charge is 0.339 e. The van der Waals surface area contributed by atoms with E-state index in [1.54, 1.807) is 24.3 Å². The number of methoxy groups -OCH3 is 2. The third-order valence-electron chi connectivity index (χ3n) is 4.23. The highest BCUT2D eigenvalue weighted by molar-refractivity contribution is 6.02. The standard InChI is InChI=1S/C20H17NO7/c1-26-18(23)12-7-13(19(24)27-2)9-14(8-12)21-17(22)16-10-11-5-3-4-6-15(11)20(25)28-16/h3-9,16H,10H2,1-2H3,(H,21,22)/t16-/m0/s1. The summed E-state index contributed by atoms with van der Waals surface area (Å²) in [5.41, 5.74) is 1.42. The summed E-state index contributed by atoms with van der Waals surface area (Å²) in [6, 6.07) is 10.9. The van der Waals surface area contributed by atoms with Gasteiger partial charge in [-0.2, -0.15) is 0 Å². The summed E-state index contributed by atoms with van der Waals surface area (Å²) in [6.45, 7) is 0. The molecule has 1 N–H and O–H groups in total. The first-order chi connectivity index (χ1) is 13.4. The molecule has 1 aliphatic rings. The summed E-state index contributed by atoms with van der Waals surface area (Å²) in [5.74, 6) is -2.53. The second-order valence-corrected chi connectivity index (χ2v) is 6.03. The van der Waals surface area contributed by atoms with Crippen LogP contribution in [0.3, 0.4) is 0 Å². The Balaban J connectivity index is 1.85. The molecule has 8 heteroatoms. The highest BCUT2D eigenvalue weighted by Gasteiger charge is 2.31. The fourth-order valence-electron chi connectivity index (χ4n) is 2.87. The Morgan fingerprint density at radius 2 is 1.61 bits per heavy atom. The zero-order valence-corrected chi connectivity index (χ0v) is 15.2. The van der Waals surface area contributed by atoms with Crippen molar-refractivity contribution in [3.05, 3.63) is 64.7 Å². The summed E-state index contributed by atoms with van der Waals surface area (Å²) in [4.78, 5) is 48.4. The fourth-order valence-corrected chi connectivity index (χ4v) is 2.87. The quantitative estimate of drug-likeness (QED) is 0.635. The van der Waals surface area contributed by atoms with Crippen LogP contribution in [0.2, 0.25) is 0 Å². The Morgan fingerprint density at radius 3 is 2.21 bits per heavy atom. The highest BCUT2D eigenvalue weighted by Crippen LogP contribution is 2.22. The maximum Gasteiger partial charge on any atom is 0.339 e. The lowest BCUT2D eigenvalue weighted by atomic mass is 9.98. The zero-order valence-electron chi connectivity index (χ0n) is 15.2. The number of hydrogen-bond acceptors (Lipinski definition) is 7. The van der Waals surface area contributed by atoms with Crippen molar-refractivity contribution in [3.63, 3.8) is 0 Å². The van der Waals surface area contributed by atoms with Crippen LogP contribution < -0.4 is 5.32 Å². The maximum absolute atomic E-state index is 12.6. The third kappa shape index (κ3) is 3.85. The molecule has 0 aromatic heterocycles. The molecule has 0 fully saturated rings. The molecule has 1 heterocycles. The van der Waals surface area contributed by atoms with Crippen molar-refractivity contribution in [2.75, 3.05) is 19.5 Å². The van der Waals surface area contributed by atoms with E-state index in [9.17, 15) is 19.2 Å². The van der Waals surface area contributed by atoms with Crippen LogP contribution >= 0.6 is 0 Å². The average molecular weight is 383 g/mol. The van der Waals surface area contributed by atoms with E-state index in [2.05, 4.69) is 14.8 Å². The summed E-state index contributed by atoms with van der Waals surface area (Å²) in [6.07, 6.45) is -0.820. The van der Waals surface area contributed by atoms with Gasteiger partial charge in [0.05, 0.1) is 30.9 Å². The predicted molar refractivity (Wildman–Crippen MR) is 97.1 cm³/mol. The van der Waals surface area contributed by atoms with Gasteiger partial charge in [0.25, 0.3) is 5.91 Å². The molecule has 0 unspecified atom stereocenters. The Hall–Kier alpha value is -3.68. The topological polar surface area (TPSA) is 108 Å². The molecule has 0 saturated carbocycles. The van der Waals surface area contributed by atoms with Gasteiger partial charge in [-0.15, -0.1) is 0 Å². The highest BCUT2D eigenvalue weighted by atomic mass is 16.5. The number of amides is 1. The number of hydrogen-bond donors (Lipinski definition) is 1. The zero-order chi connectivity index (χ0) is 20.3. The molecule has 1 atom stereocenters. The minimum absolute atomic E-state index is 0.0617. The summed E-state index contributed by atoms with van der Waals surface area (Å²) in [5, 5.41) is 2.57. The van der Waals surface area contributed by atoms with Gasteiger partial charge in [-0.05, 0) is 29.8 Å². The predicted octanol–water partition coefficient (Wildman–Crippen LogP) is 1.98. The molecule has 0 bridgehead atoms. The molecule has 0 aliphatic carbocycles. The van der Waals surface area contributed by atoms with Gasteiger partial charge >= 0.3 is 17.9 Å². The van der Waals surface area contributed by atoms with E-state index < -0.39 is 29.9 Å². The maximum atomic E-state index is 12.6. The van der Waals surface area contributed by atoms with Crippen LogP contribution in [0.1, 0.15) is 36.6 Å². The van der Waals surface area contributed by atoms with Crippen LogP contribution in [0.4, 0.5) is 5.69 Å². The molecular weight excluding hydrogens is 366 g/mol. The molecule has 0 saturated heterocycles. The molecule has 0 spiro atoms. The minimum Gasteiger partial charge on any atom is -0.465 e. The van der Waals surface area contributed by atoms with Crippen LogP contribution in [0.5, 0.6) is 0 Å². The third-order valence-corrected chi connectivity index (χ3v) is 4.23. The first-order valence-corrected chi connectivity index (χ1v) is 8.34. The van der Waals surface area contributed by atoms with E-state index in [4.69, 9.17) is 4.74 Å². The summed E-state index contributed by atoms with van der Waals surface area (Å²) < 4.78 is 14.5. The van der Waals surface area contributed by atoms with Gasteiger partial charge in [0, 0.05) is 12.1 Å². The number of carbonyl (C=O) groups excluding carboxylic acids is 4. The van der Waals surface area contributed by atoms with Crippen molar-refractivity contribution in [1.82, 2.24) is 0 Å². The molecule has 28 heavy (non-hydrogen) atoms. The van der Waals surface area contributed by atoms with Crippen LogP contribution in [-0.2, 0) is 25.4 Å². The van der Waals surface area contributed by atoms with E-state index in [0.717, 1.165) is 0 Å². The number of ether oxygens (including phenoxy) is 3. The van der Waals surface area contributed by atoms with Gasteiger partial charge in [0.2, 0.25) is 0 Å². The average Bonchev–Trinajstić information content (AvgIpc) is 2.72. The van der Waals surface area contributed by atoms with Gasteiger partial charge in [0.1, 0.15) is 0 Å². The first-order valence-electron chi connectivity index (χ1n) is 8.34. The molecule has 2 aromatic carbocycles. The minimum atomic E-state index is -1.04. The van der Waals surface area contributed by atoms with Crippen LogP contribution in [-0.4, -0.2) is 44.1 Å². The number of esters is 3. The number of benzene rings is 2. The van der Waals surface area contributed by atoms with Crippen molar-refractivity contribution in [2.45, 2.75) is 12.5 Å². The molecule has 0 radical (unpaired) electrons. The van der Waals surface area contributed by atoms with Crippen LogP contribution in [0, 0.1) is 0 Å². The van der Waals surface area contributed by atoms with Crippen molar-refractivity contribution in [1.29, 1.82) is 0 Å². The lowest BCUT2D eigenvalue weighted by molar-refractivity contribution is -0.125. The van der Waals surface area contributed by atoms with Crippen molar-refractivity contribution < 1.29 is 33.4 Å². The molecule has 1 amide bonds. The number of anilines is 1. The SMILES string of the molecule is COC(=O)c1cc(NC(=O)[C@@H]2Cc3ccccc3C(=O)O2)cc(C(=O)OC)c1. The molecular formula is C20H17NO7. The second-order valence-electron chi connectivity index (χ2n) is 6.03. The van der Waals surface area contributed by atoms with Crippen LogP contribution in [0.25, 0.3) is 0 Å². The second kappa shape index (κ2) is 7.91. The van der Waals surface area contributed by atoms with Gasteiger partial charge in [-0.25, -0.2) is 14.4 Å². The van der Waals surface area contributed by atoms with E-state index in [0.29, 0.717) is 11.1 Å². The lowest BCUT2D eigenvalue weighted by Gasteiger charge is -2.23. The number of nitrogens with one attached hydrogen (secondary N) is 1. The van der Waals surface area contributed by atoms with Crippen molar-refractivity contribution >= 4 is 29.5 Å². The summed E-state index contributed by atoms with van der Waals surface area (Å²) >= 11 is 0. The molecule has 144 valence electrons. The fraction of sp³-hybridized carbons (Fsp3) is 0.200.